The number of hydrogen-bond acceptors (Lipinski definition) is 5. The highest BCUT2D eigenvalue weighted by atomic mass is 16.5. The topological polar surface area (TPSA) is 68.1 Å². The Morgan fingerprint density at radius 2 is 1.88 bits per heavy atom. The molecule has 0 spiro atoms. The summed E-state index contributed by atoms with van der Waals surface area (Å²) in [6.07, 6.45) is 0. The Bertz CT molecular complexity index is 441. The number of rotatable bonds is 5. The van der Waals surface area contributed by atoms with E-state index < -0.39 is 6.04 Å². The van der Waals surface area contributed by atoms with Crippen molar-refractivity contribution in [2.45, 2.75) is 19.9 Å². The van der Waals surface area contributed by atoms with Crippen LogP contribution < -0.4 is 4.74 Å². The van der Waals surface area contributed by atoms with Crippen LogP contribution in [0.3, 0.4) is 0 Å². The lowest BCUT2D eigenvalue weighted by atomic mass is 10.1. The van der Waals surface area contributed by atoms with E-state index in [1.54, 1.807) is 31.4 Å². The monoisotopic (exact) mass is 234 g/mol. The third-order valence-corrected chi connectivity index (χ3v) is 2.11. The standard InChI is InChI=1S/C12H14N2O3/c1-8(15)12(9(2)16)14-13-10-5-4-6-11(7-10)17-3/h4-7,12H,1-3H3. The smallest absolute Gasteiger partial charge is 0.187 e. The average molecular weight is 234 g/mol. The van der Waals surface area contributed by atoms with E-state index in [4.69, 9.17) is 4.74 Å². The third-order valence-electron chi connectivity index (χ3n) is 2.11. The van der Waals surface area contributed by atoms with E-state index >= 15 is 0 Å². The van der Waals surface area contributed by atoms with Gasteiger partial charge in [-0.3, -0.25) is 9.59 Å². The molecule has 5 heteroatoms. The average Bonchev–Trinajstić information content (AvgIpc) is 2.28. The Labute approximate surface area is 99.5 Å². The molecule has 1 aromatic carbocycles. The van der Waals surface area contributed by atoms with E-state index in [9.17, 15) is 9.59 Å². The molecule has 0 bridgehead atoms. The molecule has 17 heavy (non-hydrogen) atoms. The van der Waals surface area contributed by atoms with E-state index in [0.29, 0.717) is 11.4 Å². The van der Waals surface area contributed by atoms with Crippen molar-refractivity contribution in [2.75, 3.05) is 7.11 Å². The number of hydrogen-bond donors (Lipinski definition) is 0. The molecule has 0 aliphatic heterocycles. The molecular weight excluding hydrogens is 220 g/mol. The summed E-state index contributed by atoms with van der Waals surface area (Å²) in [5, 5.41) is 7.60. The molecule has 0 atom stereocenters. The zero-order valence-corrected chi connectivity index (χ0v) is 10.0. The summed E-state index contributed by atoms with van der Waals surface area (Å²) >= 11 is 0. The Morgan fingerprint density at radius 1 is 1.24 bits per heavy atom. The minimum Gasteiger partial charge on any atom is -0.497 e. The summed E-state index contributed by atoms with van der Waals surface area (Å²) in [6.45, 7) is 2.63. The molecular formula is C12H14N2O3. The molecule has 0 aromatic heterocycles. The van der Waals surface area contributed by atoms with Crippen LogP contribution in [0, 0.1) is 0 Å². The minimum absolute atomic E-state index is 0.316. The van der Waals surface area contributed by atoms with E-state index in [2.05, 4.69) is 10.2 Å². The Kier molecular flexibility index (Phi) is 4.51. The van der Waals surface area contributed by atoms with Crippen molar-refractivity contribution in [3.63, 3.8) is 0 Å². The van der Waals surface area contributed by atoms with Gasteiger partial charge in [-0.05, 0) is 26.0 Å². The fraction of sp³-hybridized carbons (Fsp3) is 0.333. The predicted molar refractivity (Wildman–Crippen MR) is 62.7 cm³/mol. The maximum atomic E-state index is 11.1. The molecule has 0 aliphatic rings. The fourth-order valence-electron chi connectivity index (χ4n) is 1.25. The molecule has 1 rings (SSSR count). The van der Waals surface area contributed by atoms with Crippen LogP contribution in [0.4, 0.5) is 5.69 Å². The zero-order valence-electron chi connectivity index (χ0n) is 10.0. The van der Waals surface area contributed by atoms with Crippen LogP contribution in [-0.2, 0) is 9.59 Å². The number of carbonyl (C=O) groups is 2. The number of ketones is 2. The van der Waals surface area contributed by atoms with Gasteiger partial charge in [0, 0.05) is 6.07 Å². The van der Waals surface area contributed by atoms with Gasteiger partial charge in [0.2, 0.25) is 0 Å². The molecule has 0 aliphatic carbocycles. The van der Waals surface area contributed by atoms with E-state index in [-0.39, 0.29) is 11.6 Å². The van der Waals surface area contributed by atoms with Gasteiger partial charge in [0.1, 0.15) is 5.75 Å². The van der Waals surface area contributed by atoms with Crippen LogP contribution >= 0.6 is 0 Å². The molecule has 1 aromatic rings. The second-order valence-corrected chi connectivity index (χ2v) is 3.54. The minimum atomic E-state index is -1.01. The lowest BCUT2D eigenvalue weighted by molar-refractivity contribution is -0.126. The number of nitrogens with zero attached hydrogens (tertiary/aromatic N) is 2. The van der Waals surface area contributed by atoms with Gasteiger partial charge in [0.15, 0.2) is 17.6 Å². The van der Waals surface area contributed by atoms with Gasteiger partial charge in [-0.15, -0.1) is 0 Å². The second-order valence-electron chi connectivity index (χ2n) is 3.54. The van der Waals surface area contributed by atoms with Crippen molar-refractivity contribution in [3.8, 4) is 5.75 Å². The van der Waals surface area contributed by atoms with Crippen LogP contribution in [0.2, 0.25) is 0 Å². The maximum absolute atomic E-state index is 11.1. The van der Waals surface area contributed by atoms with Crippen molar-refractivity contribution in [1.29, 1.82) is 0 Å². The summed E-state index contributed by atoms with van der Waals surface area (Å²) in [6, 6.07) is 5.89. The largest absolute Gasteiger partial charge is 0.497 e. The highest BCUT2D eigenvalue weighted by Crippen LogP contribution is 2.20. The van der Waals surface area contributed by atoms with Gasteiger partial charge in [-0.1, -0.05) is 6.07 Å². The maximum Gasteiger partial charge on any atom is 0.187 e. The second kappa shape index (κ2) is 5.89. The Hall–Kier alpha value is -2.04. The SMILES string of the molecule is COc1cccc(N=NC(C(C)=O)C(C)=O)c1. The Balaban J connectivity index is 2.88. The first-order valence-corrected chi connectivity index (χ1v) is 5.10. The molecule has 0 fully saturated rings. The predicted octanol–water partition coefficient (Wildman–Crippen LogP) is 2.33. The number of benzene rings is 1. The van der Waals surface area contributed by atoms with Crippen LogP contribution in [0.5, 0.6) is 5.75 Å². The normalized spacial score (nSPS) is 10.8. The number of methoxy groups -OCH3 is 1. The molecule has 0 radical (unpaired) electrons. The van der Waals surface area contributed by atoms with Gasteiger partial charge in [-0.2, -0.15) is 10.2 Å². The summed E-state index contributed by atoms with van der Waals surface area (Å²) < 4.78 is 5.02. The van der Waals surface area contributed by atoms with Gasteiger partial charge in [-0.25, -0.2) is 0 Å². The third kappa shape index (κ3) is 3.79. The molecule has 0 saturated carbocycles. The molecule has 0 unspecified atom stereocenters. The van der Waals surface area contributed by atoms with Crippen LogP contribution in [-0.4, -0.2) is 24.7 Å². The van der Waals surface area contributed by atoms with Gasteiger partial charge < -0.3 is 4.74 Å². The summed E-state index contributed by atoms with van der Waals surface area (Å²) in [5.41, 5.74) is 0.539. The van der Waals surface area contributed by atoms with Crippen molar-refractivity contribution in [2.24, 2.45) is 10.2 Å². The molecule has 0 heterocycles. The van der Waals surface area contributed by atoms with Crippen LogP contribution in [0.1, 0.15) is 13.8 Å². The number of azo groups is 1. The zero-order chi connectivity index (χ0) is 12.8. The quantitative estimate of drug-likeness (QED) is 0.580. The van der Waals surface area contributed by atoms with E-state index in [1.165, 1.54) is 13.8 Å². The summed E-state index contributed by atoms with van der Waals surface area (Å²) in [7, 11) is 1.55. The molecule has 90 valence electrons. The first-order valence-electron chi connectivity index (χ1n) is 5.10. The van der Waals surface area contributed by atoms with Crippen molar-refractivity contribution in [3.05, 3.63) is 24.3 Å². The molecule has 5 nitrogen and oxygen atoms in total. The number of carbonyl (C=O) groups excluding carboxylic acids is 2. The van der Waals surface area contributed by atoms with Gasteiger partial charge in [0.25, 0.3) is 0 Å². The highest BCUT2D eigenvalue weighted by molar-refractivity contribution is 6.04. The fourth-order valence-corrected chi connectivity index (χ4v) is 1.25. The summed E-state index contributed by atoms with van der Waals surface area (Å²) in [5.74, 6) is 0.0111. The summed E-state index contributed by atoms with van der Waals surface area (Å²) in [4.78, 5) is 22.3. The lowest BCUT2D eigenvalue weighted by Crippen LogP contribution is -2.23. The van der Waals surface area contributed by atoms with Gasteiger partial charge in [0.05, 0.1) is 12.8 Å². The van der Waals surface area contributed by atoms with E-state index in [1.807, 2.05) is 0 Å². The number of Topliss-reactive ketones (excluding diaryl/α,β-unsaturated/α-hetero) is 2. The number of ether oxygens (including phenoxy) is 1. The first kappa shape index (κ1) is 13.0. The van der Waals surface area contributed by atoms with E-state index in [0.717, 1.165) is 0 Å². The van der Waals surface area contributed by atoms with Crippen molar-refractivity contribution >= 4 is 17.3 Å². The highest BCUT2D eigenvalue weighted by Gasteiger charge is 2.18. The van der Waals surface area contributed by atoms with Crippen molar-refractivity contribution < 1.29 is 14.3 Å². The molecule has 0 saturated heterocycles. The molecule has 0 N–H and O–H groups in total. The Morgan fingerprint density at radius 3 is 2.41 bits per heavy atom. The molecule has 0 amide bonds. The van der Waals surface area contributed by atoms with Gasteiger partial charge >= 0.3 is 0 Å². The lowest BCUT2D eigenvalue weighted by Gasteiger charge is -2.02. The van der Waals surface area contributed by atoms with Crippen LogP contribution in [0.25, 0.3) is 0 Å². The van der Waals surface area contributed by atoms with Crippen LogP contribution in [0.15, 0.2) is 34.5 Å². The first-order chi connectivity index (χ1) is 8.04. The van der Waals surface area contributed by atoms with Crippen molar-refractivity contribution in [1.82, 2.24) is 0 Å².